The standard InChI is InChI=1S/C20H23N3O4S/c1-23-10-9-21-20(23)19(16-11-17(26-2)13-18(12-16)27-3)22-28(24,25)14-15-7-5-4-6-8-15/h4-13,19,22H,14H2,1-3H3/t19-/m0/s1. The first-order valence-electron chi connectivity index (χ1n) is 8.66. The van der Waals surface area contributed by atoms with E-state index in [2.05, 4.69) is 9.71 Å². The second kappa shape index (κ2) is 8.45. The summed E-state index contributed by atoms with van der Waals surface area (Å²) in [6.07, 6.45) is 3.40. The van der Waals surface area contributed by atoms with Gasteiger partial charge in [-0.05, 0) is 23.3 Å². The SMILES string of the molecule is COc1cc(OC)cc([C@H](NS(=O)(=O)Cc2ccccc2)c2nccn2C)c1. The molecule has 1 aromatic heterocycles. The van der Waals surface area contributed by atoms with Gasteiger partial charge in [0.15, 0.2) is 0 Å². The van der Waals surface area contributed by atoms with Gasteiger partial charge >= 0.3 is 0 Å². The molecule has 0 bridgehead atoms. The van der Waals surface area contributed by atoms with Crippen LogP contribution in [0.25, 0.3) is 0 Å². The largest absolute Gasteiger partial charge is 0.497 e. The predicted octanol–water partition coefficient (Wildman–Crippen LogP) is 2.65. The van der Waals surface area contributed by atoms with E-state index in [4.69, 9.17) is 9.47 Å². The molecule has 0 unspecified atom stereocenters. The zero-order chi connectivity index (χ0) is 20.1. The van der Waals surface area contributed by atoms with Gasteiger partial charge in [0.25, 0.3) is 0 Å². The van der Waals surface area contributed by atoms with E-state index in [1.165, 1.54) is 0 Å². The quantitative estimate of drug-likeness (QED) is 0.627. The number of hydrogen-bond acceptors (Lipinski definition) is 5. The fourth-order valence-electron chi connectivity index (χ4n) is 2.94. The Morgan fingerprint density at radius 2 is 1.71 bits per heavy atom. The van der Waals surface area contributed by atoms with Crippen LogP contribution in [0.5, 0.6) is 11.5 Å². The lowest BCUT2D eigenvalue weighted by Gasteiger charge is -2.20. The fourth-order valence-corrected chi connectivity index (χ4v) is 4.25. The molecule has 0 saturated carbocycles. The van der Waals surface area contributed by atoms with E-state index in [1.54, 1.807) is 61.5 Å². The summed E-state index contributed by atoms with van der Waals surface area (Å²) in [4.78, 5) is 4.35. The minimum atomic E-state index is -3.65. The van der Waals surface area contributed by atoms with E-state index in [1.807, 2.05) is 25.2 Å². The maximum Gasteiger partial charge on any atom is 0.216 e. The molecule has 0 aliphatic carbocycles. The Hall–Kier alpha value is -2.84. The first-order chi connectivity index (χ1) is 13.4. The zero-order valence-corrected chi connectivity index (χ0v) is 16.8. The smallest absolute Gasteiger partial charge is 0.216 e. The Morgan fingerprint density at radius 3 is 2.25 bits per heavy atom. The lowest BCUT2D eigenvalue weighted by molar-refractivity contribution is 0.392. The van der Waals surface area contributed by atoms with Crippen molar-refractivity contribution in [2.45, 2.75) is 11.8 Å². The van der Waals surface area contributed by atoms with E-state index >= 15 is 0 Å². The molecule has 1 atom stereocenters. The maximum atomic E-state index is 12.9. The number of sulfonamides is 1. The van der Waals surface area contributed by atoms with E-state index in [9.17, 15) is 8.42 Å². The highest BCUT2D eigenvalue weighted by Gasteiger charge is 2.25. The molecule has 0 aliphatic heterocycles. The summed E-state index contributed by atoms with van der Waals surface area (Å²) < 4.78 is 41.0. The van der Waals surface area contributed by atoms with Crippen molar-refractivity contribution in [2.24, 2.45) is 7.05 Å². The van der Waals surface area contributed by atoms with Crippen LogP contribution in [0.15, 0.2) is 60.9 Å². The van der Waals surface area contributed by atoms with E-state index in [0.29, 0.717) is 28.5 Å². The number of aryl methyl sites for hydroxylation is 1. The second-order valence-corrected chi connectivity index (χ2v) is 8.09. The Kier molecular flexibility index (Phi) is 6.01. The Labute approximate surface area is 165 Å². The topological polar surface area (TPSA) is 82.4 Å². The number of benzene rings is 2. The summed E-state index contributed by atoms with van der Waals surface area (Å²) in [5.74, 6) is 1.56. The minimum absolute atomic E-state index is 0.129. The number of imidazole rings is 1. The van der Waals surface area contributed by atoms with E-state index in [-0.39, 0.29) is 5.75 Å². The molecular weight excluding hydrogens is 378 g/mol. The molecule has 148 valence electrons. The average molecular weight is 401 g/mol. The monoisotopic (exact) mass is 401 g/mol. The third-order valence-electron chi connectivity index (χ3n) is 4.32. The molecule has 0 amide bonds. The van der Waals surface area contributed by atoms with Crippen molar-refractivity contribution < 1.29 is 17.9 Å². The highest BCUT2D eigenvalue weighted by atomic mass is 32.2. The molecule has 8 heteroatoms. The molecule has 0 fully saturated rings. The summed E-state index contributed by atoms with van der Waals surface area (Å²) in [6, 6.07) is 13.6. The average Bonchev–Trinajstić information content (AvgIpc) is 3.11. The van der Waals surface area contributed by atoms with Crippen molar-refractivity contribution in [1.82, 2.24) is 14.3 Å². The van der Waals surface area contributed by atoms with Crippen LogP contribution in [0.1, 0.15) is 23.0 Å². The van der Waals surface area contributed by atoms with Gasteiger partial charge in [-0.25, -0.2) is 13.4 Å². The second-order valence-electron chi connectivity index (χ2n) is 6.34. The third-order valence-corrected chi connectivity index (χ3v) is 5.63. The number of methoxy groups -OCH3 is 2. The van der Waals surface area contributed by atoms with Crippen LogP contribution in [-0.4, -0.2) is 32.2 Å². The number of hydrogen-bond donors (Lipinski definition) is 1. The van der Waals surface area contributed by atoms with Crippen LogP contribution in [0.2, 0.25) is 0 Å². The van der Waals surface area contributed by atoms with Crippen molar-refractivity contribution in [3.05, 3.63) is 77.9 Å². The molecular formula is C20H23N3O4S. The molecule has 1 N–H and O–H groups in total. The van der Waals surface area contributed by atoms with Gasteiger partial charge in [0.1, 0.15) is 23.4 Å². The first-order valence-corrected chi connectivity index (χ1v) is 10.3. The van der Waals surface area contributed by atoms with Crippen LogP contribution in [0.4, 0.5) is 0 Å². The third kappa shape index (κ3) is 4.71. The van der Waals surface area contributed by atoms with Gasteiger partial charge in [-0.15, -0.1) is 0 Å². The van der Waals surface area contributed by atoms with Gasteiger partial charge < -0.3 is 14.0 Å². The normalized spacial score (nSPS) is 12.5. The van der Waals surface area contributed by atoms with Gasteiger partial charge in [0.05, 0.1) is 20.0 Å². The molecule has 0 spiro atoms. The number of nitrogens with zero attached hydrogens (tertiary/aromatic N) is 2. The molecule has 3 rings (SSSR count). The van der Waals surface area contributed by atoms with Crippen LogP contribution in [0.3, 0.4) is 0 Å². The molecule has 1 heterocycles. The summed E-state index contributed by atoms with van der Waals surface area (Å²) in [5.41, 5.74) is 1.37. The summed E-state index contributed by atoms with van der Waals surface area (Å²) >= 11 is 0. The van der Waals surface area contributed by atoms with Gasteiger partial charge in [-0.2, -0.15) is 4.72 Å². The maximum absolute atomic E-state index is 12.9. The predicted molar refractivity (Wildman–Crippen MR) is 107 cm³/mol. The van der Waals surface area contributed by atoms with Gasteiger partial charge in [-0.1, -0.05) is 30.3 Å². The van der Waals surface area contributed by atoms with Crippen molar-refractivity contribution in [1.29, 1.82) is 0 Å². The Morgan fingerprint density at radius 1 is 1.07 bits per heavy atom. The zero-order valence-electron chi connectivity index (χ0n) is 16.0. The van der Waals surface area contributed by atoms with Crippen LogP contribution in [0, 0.1) is 0 Å². The molecule has 2 aromatic carbocycles. The van der Waals surface area contributed by atoms with Crippen LogP contribution in [-0.2, 0) is 22.8 Å². The van der Waals surface area contributed by atoms with E-state index < -0.39 is 16.1 Å². The van der Waals surface area contributed by atoms with Crippen LogP contribution >= 0.6 is 0 Å². The van der Waals surface area contributed by atoms with Gasteiger partial charge in [0, 0.05) is 25.5 Å². The summed E-state index contributed by atoms with van der Waals surface area (Å²) in [5, 5.41) is 0. The number of ether oxygens (including phenoxy) is 2. The van der Waals surface area contributed by atoms with Crippen molar-refractivity contribution in [2.75, 3.05) is 14.2 Å². The highest BCUT2D eigenvalue weighted by Crippen LogP contribution is 2.30. The highest BCUT2D eigenvalue weighted by molar-refractivity contribution is 7.88. The summed E-state index contributed by atoms with van der Waals surface area (Å²) in [7, 11) is 1.27. The van der Waals surface area contributed by atoms with Crippen molar-refractivity contribution >= 4 is 10.0 Å². The van der Waals surface area contributed by atoms with E-state index in [0.717, 1.165) is 0 Å². The summed E-state index contributed by atoms with van der Waals surface area (Å²) in [6.45, 7) is 0. The fraction of sp³-hybridized carbons (Fsp3) is 0.250. The molecule has 0 saturated heterocycles. The van der Waals surface area contributed by atoms with Crippen LogP contribution < -0.4 is 14.2 Å². The molecule has 3 aromatic rings. The molecule has 7 nitrogen and oxygen atoms in total. The van der Waals surface area contributed by atoms with Gasteiger partial charge in [-0.3, -0.25) is 0 Å². The number of rotatable bonds is 8. The number of aromatic nitrogens is 2. The Bertz CT molecular complexity index is 1010. The molecule has 0 radical (unpaired) electrons. The van der Waals surface area contributed by atoms with Gasteiger partial charge in [0.2, 0.25) is 10.0 Å². The lowest BCUT2D eigenvalue weighted by Crippen LogP contribution is -2.32. The Balaban J connectivity index is 2.00. The van der Waals surface area contributed by atoms with Crippen molar-refractivity contribution in [3.8, 4) is 11.5 Å². The molecule has 0 aliphatic rings. The first kappa shape index (κ1) is 19.9. The number of nitrogens with one attached hydrogen (secondary N) is 1. The lowest BCUT2D eigenvalue weighted by atomic mass is 10.1. The van der Waals surface area contributed by atoms with Crippen molar-refractivity contribution in [3.63, 3.8) is 0 Å². The molecule has 28 heavy (non-hydrogen) atoms. The minimum Gasteiger partial charge on any atom is -0.497 e.